The van der Waals surface area contributed by atoms with Gasteiger partial charge in [0.2, 0.25) is 0 Å². The summed E-state index contributed by atoms with van der Waals surface area (Å²) >= 11 is 0. The predicted octanol–water partition coefficient (Wildman–Crippen LogP) is 4.97. The van der Waals surface area contributed by atoms with E-state index in [1.165, 1.54) is 14.2 Å². The van der Waals surface area contributed by atoms with Crippen molar-refractivity contribution in [3.05, 3.63) is 48.1 Å². The van der Waals surface area contributed by atoms with Crippen LogP contribution in [0.5, 0.6) is 0 Å². The molecule has 0 aromatic heterocycles. The van der Waals surface area contributed by atoms with Crippen molar-refractivity contribution < 1.29 is 38.1 Å². The summed E-state index contributed by atoms with van der Waals surface area (Å²) in [4.78, 5) is 53.2. The van der Waals surface area contributed by atoms with E-state index in [2.05, 4.69) is 0 Å². The number of ether oxygens (including phenoxy) is 4. The van der Waals surface area contributed by atoms with Crippen LogP contribution in [0.25, 0.3) is 0 Å². The SMILES string of the molecule is COC(=O)C(C)CC(C)(CC(C)(CC(C)(CC(C)(C)C(=O)OC)C(=O)OCCCN)C1=C/C=C\C=C/C=C\1)C(=O)OCCCN. The molecule has 0 saturated carbocycles. The molecule has 10 nitrogen and oxygen atoms in total. The van der Waals surface area contributed by atoms with Crippen molar-refractivity contribution in [3.63, 3.8) is 0 Å². The van der Waals surface area contributed by atoms with Crippen LogP contribution in [0.15, 0.2) is 48.1 Å². The van der Waals surface area contributed by atoms with Crippen LogP contribution in [0.3, 0.4) is 0 Å². The summed E-state index contributed by atoms with van der Waals surface area (Å²) in [5, 5.41) is 0. The van der Waals surface area contributed by atoms with Crippen molar-refractivity contribution in [2.45, 2.75) is 80.1 Å². The summed E-state index contributed by atoms with van der Waals surface area (Å²) in [6.45, 7) is 11.8. The van der Waals surface area contributed by atoms with Crippen LogP contribution < -0.4 is 11.5 Å². The second-order valence-corrected chi connectivity index (χ2v) is 13.5. The van der Waals surface area contributed by atoms with Crippen LogP contribution in [0, 0.1) is 27.6 Å². The second-order valence-electron chi connectivity index (χ2n) is 13.5. The molecule has 0 aromatic carbocycles. The van der Waals surface area contributed by atoms with Gasteiger partial charge in [-0.05, 0) is 90.3 Å². The molecule has 0 heterocycles. The Morgan fingerprint density at radius 3 is 1.76 bits per heavy atom. The Hall–Kier alpha value is -3.24. The maximum atomic E-state index is 13.9. The smallest absolute Gasteiger partial charge is 0.311 e. The molecule has 4 atom stereocenters. The third-order valence-electron chi connectivity index (χ3n) is 8.33. The van der Waals surface area contributed by atoms with E-state index in [1.54, 1.807) is 34.6 Å². The molecule has 4 unspecified atom stereocenters. The standard InChI is InChI=1S/C35H56N2O8/c1-26(28(38)42-7)22-33(4,30(40)44-20-14-18-36)24-34(5,27-16-12-10-9-11-13-17-27)25-35(6,31(41)45-21-15-19-37)23-32(2,3)29(39)43-8/h9-13,16-17,26H,14-15,18-25,36-37H2,1-8H3/b10-9-,11-9?,12-10?,13-11-,16-12-,17-13?,27-16?,27-17+. The van der Waals surface area contributed by atoms with Gasteiger partial charge in [-0.2, -0.15) is 0 Å². The van der Waals surface area contributed by atoms with Gasteiger partial charge >= 0.3 is 23.9 Å². The van der Waals surface area contributed by atoms with Crippen molar-refractivity contribution in [2.24, 2.45) is 39.0 Å². The third kappa shape index (κ3) is 11.9. The molecule has 4 N–H and O–H groups in total. The fourth-order valence-corrected chi connectivity index (χ4v) is 6.52. The Balaban J connectivity index is 3.86. The topological polar surface area (TPSA) is 157 Å². The van der Waals surface area contributed by atoms with Crippen LogP contribution >= 0.6 is 0 Å². The molecule has 0 spiro atoms. The van der Waals surface area contributed by atoms with Crippen molar-refractivity contribution in [1.82, 2.24) is 0 Å². The van der Waals surface area contributed by atoms with E-state index in [0.29, 0.717) is 25.9 Å². The van der Waals surface area contributed by atoms with Gasteiger partial charge in [-0.15, -0.1) is 0 Å². The number of carbonyl (C=O) groups is 4. The third-order valence-corrected chi connectivity index (χ3v) is 8.33. The Morgan fingerprint density at radius 2 is 1.22 bits per heavy atom. The van der Waals surface area contributed by atoms with Crippen LogP contribution in [-0.2, 0) is 38.1 Å². The lowest BCUT2D eigenvalue weighted by Gasteiger charge is -2.45. The number of carbonyl (C=O) groups excluding carboxylic acids is 4. The lowest BCUT2D eigenvalue weighted by atomic mass is 9.58. The van der Waals surface area contributed by atoms with Gasteiger partial charge in [-0.25, -0.2) is 0 Å². The van der Waals surface area contributed by atoms with Crippen molar-refractivity contribution in [1.29, 1.82) is 0 Å². The van der Waals surface area contributed by atoms with E-state index in [-0.39, 0.29) is 38.9 Å². The molecule has 0 fully saturated rings. The zero-order valence-electron chi connectivity index (χ0n) is 28.6. The quantitative estimate of drug-likeness (QED) is 0.113. The largest absolute Gasteiger partial charge is 0.469 e. The fourth-order valence-electron chi connectivity index (χ4n) is 6.52. The van der Waals surface area contributed by atoms with Crippen LogP contribution in [0.1, 0.15) is 80.1 Å². The Kier molecular flexibility index (Phi) is 16.0. The summed E-state index contributed by atoms with van der Waals surface area (Å²) in [6.07, 6.45) is 15.0. The van der Waals surface area contributed by atoms with Gasteiger partial charge in [0.05, 0.1) is 49.6 Å². The van der Waals surface area contributed by atoms with E-state index < -0.39 is 51.5 Å². The first kappa shape index (κ1) is 39.8. The number of hydrogen-bond acceptors (Lipinski definition) is 10. The monoisotopic (exact) mass is 632 g/mol. The van der Waals surface area contributed by atoms with Gasteiger partial charge in [-0.3, -0.25) is 19.2 Å². The summed E-state index contributed by atoms with van der Waals surface area (Å²) in [5.41, 5.74) is 7.90. The molecule has 1 rings (SSSR count). The van der Waals surface area contributed by atoms with E-state index in [9.17, 15) is 19.2 Å². The van der Waals surface area contributed by atoms with Crippen LogP contribution in [0.4, 0.5) is 0 Å². The lowest BCUT2D eigenvalue weighted by molar-refractivity contribution is -0.164. The summed E-state index contributed by atoms with van der Waals surface area (Å²) in [6, 6.07) is 0. The second kappa shape index (κ2) is 18.0. The fraction of sp³-hybridized carbons (Fsp3) is 0.657. The highest BCUT2D eigenvalue weighted by Crippen LogP contribution is 2.53. The van der Waals surface area contributed by atoms with Gasteiger partial charge < -0.3 is 30.4 Å². The average molecular weight is 633 g/mol. The zero-order chi connectivity index (χ0) is 34.3. The van der Waals surface area contributed by atoms with Crippen molar-refractivity contribution in [3.8, 4) is 0 Å². The summed E-state index contributed by atoms with van der Waals surface area (Å²) in [7, 11) is 2.63. The van der Waals surface area contributed by atoms with E-state index in [0.717, 1.165) is 5.57 Å². The van der Waals surface area contributed by atoms with Gasteiger partial charge in [0.15, 0.2) is 0 Å². The molecule has 0 bridgehead atoms. The molecule has 10 heteroatoms. The minimum Gasteiger partial charge on any atom is -0.469 e. The molecular formula is C35H56N2O8. The predicted molar refractivity (Wildman–Crippen MR) is 175 cm³/mol. The molecule has 0 saturated heterocycles. The van der Waals surface area contributed by atoms with Gasteiger partial charge in [-0.1, -0.05) is 56.4 Å². The molecule has 0 aromatic rings. The molecule has 254 valence electrons. The van der Waals surface area contributed by atoms with E-state index in [1.807, 2.05) is 49.5 Å². The molecular weight excluding hydrogens is 576 g/mol. The molecule has 0 aliphatic heterocycles. The minimum absolute atomic E-state index is 0.118. The average Bonchev–Trinajstić information content (AvgIpc) is 2.95. The Labute approximate surface area is 269 Å². The molecule has 1 aliphatic rings. The first-order valence-corrected chi connectivity index (χ1v) is 15.7. The summed E-state index contributed by atoms with van der Waals surface area (Å²) < 4.78 is 21.5. The highest BCUT2D eigenvalue weighted by atomic mass is 16.5. The van der Waals surface area contributed by atoms with E-state index in [4.69, 9.17) is 30.4 Å². The zero-order valence-corrected chi connectivity index (χ0v) is 28.6. The van der Waals surface area contributed by atoms with Crippen LogP contribution in [-0.4, -0.2) is 64.4 Å². The number of rotatable bonds is 19. The van der Waals surface area contributed by atoms with Crippen molar-refractivity contribution in [2.75, 3.05) is 40.5 Å². The van der Waals surface area contributed by atoms with Gasteiger partial charge in [0.25, 0.3) is 0 Å². The van der Waals surface area contributed by atoms with Crippen molar-refractivity contribution >= 4 is 23.9 Å². The number of nitrogens with two attached hydrogens (primary N) is 2. The lowest BCUT2D eigenvalue weighted by Crippen LogP contribution is -2.45. The number of methoxy groups -OCH3 is 2. The van der Waals surface area contributed by atoms with Gasteiger partial charge in [0, 0.05) is 0 Å². The maximum Gasteiger partial charge on any atom is 0.311 e. The molecule has 45 heavy (non-hydrogen) atoms. The number of esters is 4. The molecule has 0 radical (unpaired) electrons. The number of hydrogen-bond donors (Lipinski definition) is 2. The first-order chi connectivity index (χ1) is 21.0. The first-order valence-electron chi connectivity index (χ1n) is 15.7. The Bertz CT molecular complexity index is 1140. The normalized spacial score (nSPS) is 21.1. The molecule has 0 amide bonds. The number of allylic oxidation sites excluding steroid dienone is 8. The maximum absolute atomic E-state index is 13.9. The molecule has 1 aliphatic carbocycles. The highest BCUT2D eigenvalue weighted by Gasteiger charge is 2.51. The van der Waals surface area contributed by atoms with E-state index >= 15 is 0 Å². The summed E-state index contributed by atoms with van der Waals surface area (Å²) in [5.74, 6) is -2.44. The van der Waals surface area contributed by atoms with Gasteiger partial charge in [0.1, 0.15) is 0 Å². The Morgan fingerprint density at radius 1 is 0.711 bits per heavy atom. The minimum atomic E-state index is -1.20. The highest BCUT2D eigenvalue weighted by molar-refractivity contribution is 5.81. The van der Waals surface area contributed by atoms with Crippen LogP contribution in [0.2, 0.25) is 0 Å².